The lowest BCUT2D eigenvalue weighted by Crippen LogP contribution is -2.25. The van der Waals surface area contributed by atoms with Crippen LogP contribution < -0.4 is 0 Å². The van der Waals surface area contributed by atoms with Crippen LogP contribution in [-0.2, 0) is 5.41 Å². The minimum atomic E-state index is -0.504. The molecule has 12 rings (SSSR count). The molecule has 292 valence electrons. The van der Waals surface area contributed by atoms with Crippen molar-refractivity contribution in [2.75, 3.05) is 0 Å². The van der Waals surface area contributed by atoms with Crippen molar-refractivity contribution in [2.45, 2.75) is 5.41 Å². The molecule has 0 saturated heterocycles. The second-order valence-corrected chi connectivity index (χ2v) is 16.2. The van der Waals surface area contributed by atoms with Crippen LogP contribution in [0.3, 0.4) is 0 Å². The predicted octanol–water partition coefficient (Wildman–Crippen LogP) is 14.8. The fraction of sp³-hybridized carbons (Fsp3) is 0.0169. The van der Waals surface area contributed by atoms with E-state index in [1.54, 1.807) is 0 Å². The molecule has 0 radical (unpaired) electrons. The summed E-state index contributed by atoms with van der Waals surface area (Å²) in [7, 11) is 0. The molecule has 2 aliphatic rings. The zero-order chi connectivity index (χ0) is 41.9. The number of fused-ring (bicyclic) bond motifs is 10. The lowest BCUT2D eigenvalue weighted by molar-refractivity contribution is 0.794. The first-order valence-corrected chi connectivity index (χ1v) is 21.2. The summed E-state index contributed by atoms with van der Waals surface area (Å²) in [5, 5.41) is 0. The maximum Gasteiger partial charge on any atom is 0.187 e. The molecule has 0 bridgehead atoms. The monoisotopic (exact) mass is 800 g/mol. The van der Waals surface area contributed by atoms with Crippen LogP contribution in [0.25, 0.3) is 94.6 Å². The van der Waals surface area contributed by atoms with Crippen LogP contribution >= 0.6 is 0 Å². The Kier molecular flexibility index (Phi) is 8.42. The lowest BCUT2D eigenvalue weighted by atomic mass is 9.70. The molecule has 2 aliphatic carbocycles. The van der Waals surface area contributed by atoms with Crippen LogP contribution in [0.15, 0.2) is 218 Å². The summed E-state index contributed by atoms with van der Waals surface area (Å²) in [5.74, 6) is 1.84. The zero-order valence-electron chi connectivity index (χ0n) is 34.1. The van der Waals surface area contributed by atoms with E-state index in [9.17, 15) is 0 Å². The molecule has 10 aromatic rings. The van der Waals surface area contributed by atoms with Crippen LogP contribution in [0.4, 0.5) is 5.69 Å². The van der Waals surface area contributed by atoms with E-state index in [0.29, 0.717) is 23.2 Å². The Bertz CT molecular complexity index is 3340. The van der Waals surface area contributed by atoms with Gasteiger partial charge in [0.2, 0.25) is 0 Å². The van der Waals surface area contributed by atoms with E-state index in [1.807, 2.05) is 48.5 Å². The number of aromatic nitrogens is 3. The SMILES string of the molecule is [C-]#[N+]c1ccc2c(c1)C1(c3ccccc3-c3ccccc31)c1ccc(-c3ccc(-c4nc(-c5ccccc5)nc(-c5cc(-c6ccccc6)cc(-c6ccccc6)c5)n4)cc3)cc1-2. The van der Waals surface area contributed by atoms with E-state index < -0.39 is 5.41 Å². The first kappa shape index (κ1) is 36.3. The van der Waals surface area contributed by atoms with Crippen LogP contribution in [0.2, 0.25) is 0 Å². The second-order valence-electron chi connectivity index (χ2n) is 16.2. The van der Waals surface area contributed by atoms with E-state index in [0.717, 1.165) is 50.1 Å². The highest BCUT2D eigenvalue weighted by Crippen LogP contribution is 2.63. The van der Waals surface area contributed by atoms with Crippen molar-refractivity contribution in [1.82, 2.24) is 15.0 Å². The highest BCUT2D eigenvalue weighted by molar-refractivity contribution is 5.97. The molecule has 4 heteroatoms. The van der Waals surface area contributed by atoms with Gasteiger partial charge in [-0.2, -0.15) is 0 Å². The molecule has 1 aromatic heterocycles. The van der Waals surface area contributed by atoms with Crippen molar-refractivity contribution in [3.05, 3.63) is 252 Å². The fourth-order valence-electron chi connectivity index (χ4n) is 9.89. The third kappa shape index (κ3) is 5.86. The first-order chi connectivity index (χ1) is 31.2. The van der Waals surface area contributed by atoms with Gasteiger partial charge >= 0.3 is 0 Å². The summed E-state index contributed by atoms with van der Waals surface area (Å²) in [6.45, 7) is 7.95. The number of nitrogens with zero attached hydrogens (tertiary/aromatic N) is 4. The largest absolute Gasteiger partial charge is 0.238 e. The molecule has 0 N–H and O–H groups in total. The topological polar surface area (TPSA) is 43.0 Å². The van der Waals surface area contributed by atoms with Crippen LogP contribution in [0.1, 0.15) is 22.3 Å². The van der Waals surface area contributed by atoms with Crippen molar-refractivity contribution in [3.63, 3.8) is 0 Å². The summed E-state index contributed by atoms with van der Waals surface area (Å²) >= 11 is 0. The van der Waals surface area contributed by atoms with Gasteiger partial charge in [0.05, 0.1) is 12.0 Å². The van der Waals surface area contributed by atoms with Gasteiger partial charge in [-0.05, 0) is 102 Å². The average Bonchev–Trinajstić information content (AvgIpc) is 3.83. The molecular weight excluding hydrogens is 765 g/mol. The number of hydrogen-bond acceptors (Lipinski definition) is 3. The summed E-state index contributed by atoms with van der Waals surface area (Å²) < 4.78 is 0. The summed E-state index contributed by atoms with van der Waals surface area (Å²) in [4.78, 5) is 19.3. The van der Waals surface area contributed by atoms with Crippen molar-refractivity contribution < 1.29 is 0 Å². The van der Waals surface area contributed by atoms with Gasteiger partial charge in [-0.1, -0.05) is 194 Å². The third-order valence-electron chi connectivity index (χ3n) is 12.8. The Morgan fingerprint density at radius 1 is 0.286 bits per heavy atom. The molecule has 1 spiro atoms. The molecule has 0 fully saturated rings. The Balaban J connectivity index is 0.973. The molecular formula is C59H36N4. The van der Waals surface area contributed by atoms with Gasteiger partial charge in [-0.3, -0.25) is 0 Å². The lowest BCUT2D eigenvalue weighted by Gasteiger charge is -2.30. The maximum absolute atomic E-state index is 7.95. The van der Waals surface area contributed by atoms with Crippen molar-refractivity contribution in [3.8, 4) is 89.8 Å². The summed E-state index contributed by atoms with van der Waals surface area (Å²) in [5.41, 5.74) is 19.3. The Morgan fingerprint density at radius 3 is 1.27 bits per heavy atom. The number of benzene rings is 9. The van der Waals surface area contributed by atoms with Crippen LogP contribution in [0, 0.1) is 6.57 Å². The molecule has 0 unspecified atom stereocenters. The molecule has 4 nitrogen and oxygen atoms in total. The average molecular weight is 801 g/mol. The zero-order valence-corrected chi connectivity index (χ0v) is 34.1. The van der Waals surface area contributed by atoms with Crippen LogP contribution in [0.5, 0.6) is 0 Å². The summed E-state index contributed by atoms with van der Waals surface area (Å²) in [6.07, 6.45) is 0. The highest BCUT2D eigenvalue weighted by atomic mass is 15.0. The normalized spacial score (nSPS) is 12.6. The molecule has 0 atom stereocenters. The number of rotatable bonds is 6. The predicted molar refractivity (Wildman–Crippen MR) is 255 cm³/mol. The second kappa shape index (κ2) is 14.6. The fourth-order valence-corrected chi connectivity index (χ4v) is 9.89. The van der Waals surface area contributed by atoms with Gasteiger partial charge in [0, 0.05) is 16.7 Å². The molecule has 0 aliphatic heterocycles. The van der Waals surface area contributed by atoms with E-state index >= 15 is 0 Å². The van der Waals surface area contributed by atoms with Crippen molar-refractivity contribution in [2.24, 2.45) is 0 Å². The maximum atomic E-state index is 7.95. The smallest absolute Gasteiger partial charge is 0.187 e. The quantitative estimate of drug-likeness (QED) is 0.157. The third-order valence-corrected chi connectivity index (χ3v) is 12.8. The molecule has 0 amide bonds. The Labute approximate surface area is 366 Å². The van der Waals surface area contributed by atoms with Gasteiger partial charge in [-0.15, -0.1) is 0 Å². The molecule has 9 aromatic carbocycles. The van der Waals surface area contributed by atoms with Crippen molar-refractivity contribution >= 4 is 5.69 Å². The number of hydrogen-bond donors (Lipinski definition) is 0. The van der Waals surface area contributed by atoms with E-state index in [2.05, 4.69) is 175 Å². The Morgan fingerprint density at radius 2 is 0.698 bits per heavy atom. The van der Waals surface area contributed by atoms with E-state index in [-0.39, 0.29) is 0 Å². The van der Waals surface area contributed by atoms with E-state index in [4.69, 9.17) is 21.5 Å². The van der Waals surface area contributed by atoms with Gasteiger partial charge in [0.15, 0.2) is 23.2 Å². The van der Waals surface area contributed by atoms with Gasteiger partial charge in [-0.25, -0.2) is 19.8 Å². The van der Waals surface area contributed by atoms with Gasteiger partial charge in [0.25, 0.3) is 0 Å². The Hall–Kier alpha value is -8.52. The molecule has 1 heterocycles. The van der Waals surface area contributed by atoms with Crippen LogP contribution in [-0.4, -0.2) is 15.0 Å². The van der Waals surface area contributed by atoms with Gasteiger partial charge in [0.1, 0.15) is 0 Å². The standard InChI is InChI=1S/C59H36N4/c1-60-47-30-31-50-51-36-43(29-32-54(51)59(55(50)37-47)52-23-13-11-21-48(52)49-22-12-14-24-53(49)59)40-25-27-42(28-26-40)57-61-56(41-19-9-4-10-20-41)62-58(63-57)46-34-44(38-15-5-2-6-16-38)33-45(35-46)39-17-7-3-8-18-39/h2-37H. The highest BCUT2D eigenvalue weighted by Gasteiger charge is 2.51. The minimum absolute atomic E-state index is 0.504. The first-order valence-electron chi connectivity index (χ1n) is 21.2. The van der Waals surface area contributed by atoms with E-state index in [1.165, 1.54) is 44.5 Å². The molecule has 0 saturated carbocycles. The molecule has 63 heavy (non-hydrogen) atoms. The summed E-state index contributed by atoms with van der Waals surface area (Å²) in [6, 6.07) is 76.9. The van der Waals surface area contributed by atoms with Crippen molar-refractivity contribution in [1.29, 1.82) is 0 Å². The minimum Gasteiger partial charge on any atom is -0.238 e. The van der Waals surface area contributed by atoms with Gasteiger partial charge < -0.3 is 0 Å².